The molecule has 134 valence electrons. The van der Waals surface area contributed by atoms with Crippen molar-refractivity contribution in [2.45, 2.75) is 33.7 Å². The van der Waals surface area contributed by atoms with Crippen LogP contribution in [0.3, 0.4) is 0 Å². The first-order valence-electron chi connectivity index (χ1n) is 8.73. The van der Waals surface area contributed by atoms with Crippen molar-refractivity contribution in [3.05, 3.63) is 52.4 Å². The number of benzene rings is 1. The fraction of sp³-hybridized carbons (Fsp3) is 0.316. The molecule has 0 aliphatic heterocycles. The van der Waals surface area contributed by atoms with Crippen LogP contribution in [0.1, 0.15) is 23.5 Å². The van der Waals surface area contributed by atoms with E-state index in [1.807, 2.05) is 41.2 Å². The Hall–Kier alpha value is -2.60. The first-order chi connectivity index (χ1) is 12.5. The molecule has 26 heavy (non-hydrogen) atoms. The van der Waals surface area contributed by atoms with Crippen LogP contribution in [0.5, 0.6) is 0 Å². The molecule has 0 bridgehead atoms. The molecule has 0 aliphatic rings. The predicted octanol–water partition coefficient (Wildman–Crippen LogP) is 4.16. The van der Waals surface area contributed by atoms with Gasteiger partial charge in [-0.15, -0.1) is 0 Å². The molecule has 0 amide bonds. The molecule has 0 radical (unpaired) electrons. The third-order valence-electron chi connectivity index (χ3n) is 4.51. The first kappa shape index (κ1) is 16.8. The molecule has 4 aromatic rings. The second-order valence-electron chi connectivity index (χ2n) is 6.54. The number of halogens is 1. The van der Waals surface area contributed by atoms with E-state index in [-0.39, 0.29) is 0 Å². The Bertz CT molecular complexity index is 1090. The van der Waals surface area contributed by atoms with Crippen molar-refractivity contribution in [1.82, 2.24) is 24.4 Å². The van der Waals surface area contributed by atoms with Gasteiger partial charge in [0.25, 0.3) is 0 Å². The average Bonchev–Trinajstić information content (AvgIpc) is 3.10. The Balaban J connectivity index is 1.59. The lowest BCUT2D eigenvalue weighted by atomic mass is 10.2. The fourth-order valence-corrected chi connectivity index (χ4v) is 3.42. The fourth-order valence-electron chi connectivity index (χ4n) is 3.26. The van der Waals surface area contributed by atoms with Crippen molar-refractivity contribution in [1.29, 1.82) is 0 Å². The number of anilines is 1. The van der Waals surface area contributed by atoms with Crippen LogP contribution >= 0.6 is 11.6 Å². The molecule has 7 heteroatoms. The normalized spacial score (nSPS) is 11.5. The van der Waals surface area contributed by atoms with Gasteiger partial charge in [0, 0.05) is 24.2 Å². The highest BCUT2D eigenvalue weighted by molar-refractivity contribution is 6.34. The van der Waals surface area contributed by atoms with Crippen LogP contribution in [0.4, 0.5) is 5.82 Å². The quantitative estimate of drug-likeness (QED) is 0.537. The molecule has 0 spiro atoms. The maximum absolute atomic E-state index is 6.39. The number of hydrogen-bond acceptors (Lipinski definition) is 4. The number of aryl methyl sites for hydroxylation is 4. The zero-order chi connectivity index (χ0) is 18.3. The van der Waals surface area contributed by atoms with Gasteiger partial charge in [0.05, 0.1) is 16.9 Å². The summed E-state index contributed by atoms with van der Waals surface area (Å²) in [6.45, 7) is 7.67. The van der Waals surface area contributed by atoms with E-state index in [2.05, 4.69) is 34.6 Å². The maximum atomic E-state index is 6.39. The Morgan fingerprint density at radius 1 is 1.12 bits per heavy atom. The van der Waals surface area contributed by atoms with E-state index in [0.717, 1.165) is 47.6 Å². The number of fused-ring (bicyclic) bond motifs is 3. The zero-order valence-electron chi connectivity index (χ0n) is 15.1. The van der Waals surface area contributed by atoms with Crippen LogP contribution in [0, 0.1) is 20.8 Å². The molecule has 1 aromatic carbocycles. The van der Waals surface area contributed by atoms with Gasteiger partial charge in [0.2, 0.25) is 0 Å². The van der Waals surface area contributed by atoms with Crippen molar-refractivity contribution in [3.63, 3.8) is 0 Å². The van der Waals surface area contributed by atoms with Crippen LogP contribution in [-0.4, -0.2) is 30.9 Å². The minimum absolute atomic E-state index is 0.599. The third-order valence-corrected chi connectivity index (χ3v) is 4.95. The van der Waals surface area contributed by atoms with Crippen molar-refractivity contribution in [3.8, 4) is 0 Å². The standard InChI is InChI=1S/C19H21ClN6/c1-12-11-13(2)25(23-12)10-6-9-21-18-15-7-4-5-8-16(15)26-19(22-18)17(20)14(3)24-26/h4-5,7-8,11H,6,9-10H2,1-3H3,(H,21,22). The second kappa shape index (κ2) is 6.61. The van der Waals surface area contributed by atoms with E-state index < -0.39 is 0 Å². The summed E-state index contributed by atoms with van der Waals surface area (Å²) >= 11 is 6.39. The van der Waals surface area contributed by atoms with Crippen molar-refractivity contribution >= 4 is 34.0 Å². The summed E-state index contributed by atoms with van der Waals surface area (Å²) in [5.41, 5.74) is 4.71. The summed E-state index contributed by atoms with van der Waals surface area (Å²) in [6, 6.07) is 10.2. The molecule has 0 saturated carbocycles. The Morgan fingerprint density at radius 3 is 2.69 bits per heavy atom. The van der Waals surface area contributed by atoms with Crippen LogP contribution in [0.15, 0.2) is 30.3 Å². The van der Waals surface area contributed by atoms with Gasteiger partial charge in [-0.3, -0.25) is 4.68 Å². The number of hydrogen-bond donors (Lipinski definition) is 1. The van der Waals surface area contributed by atoms with E-state index in [4.69, 9.17) is 16.6 Å². The van der Waals surface area contributed by atoms with Gasteiger partial charge < -0.3 is 5.32 Å². The summed E-state index contributed by atoms with van der Waals surface area (Å²) in [6.07, 6.45) is 0.954. The SMILES string of the molecule is Cc1cc(C)n(CCCNc2nc3c(Cl)c(C)nn3c3ccccc23)n1. The third kappa shape index (κ3) is 2.90. The molecular formula is C19H21ClN6. The summed E-state index contributed by atoms with van der Waals surface area (Å²) in [5.74, 6) is 0.836. The van der Waals surface area contributed by atoms with Crippen LogP contribution < -0.4 is 5.32 Å². The van der Waals surface area contributed by atoms with E-state index in [1.165, 1.54) is 5.69 Å². The molecule has 0 unspecified atom stereocenters. The summed E-state index contributed by atoms with van der Waals surface area (Å²) < 4.78 is 3.86. The van der Waals surface area contributed by atoms with Gasteiger partial charge in [-0.25, -0.2) is 9.50 Å². The van der Waals surface area contributed by atoms with E-state index >= 15 is 0 Å². The van der Waals surface area contributed by atoms with E-state index in [9.17, 15) is 0 Å². The molecule has 0 saturated heterocycles. The highest BCUT2D eigenvalue weighted by atomic mass is 35.5. The summed E-state index contributed by atoms with van der Waals surface area (Å²) in [4.78, 5) is 4.72. The topological polar surface area (TPSA) is 60.0 Å². The molecule has 3 aromatic heterocycles. The smallest absolute Gasteiger partial charge is 0.176 e. The summed E-state index contributed by atoms with van der Waals surface area (Å²) in [5, 5.41) is 14.1. The van der Waals surface area contributed by atoms with Gasteiger partial charge in [0.15, 0.2) is 5.65 Å². The molecule has 0 atom stereocenters. The number of aromatic nitrogens is 5. The van der Waals surface area contributed by atoms with Gasteiger partial charge in [0.1, 0.15) is 10.8 Å². The Morgan fingerprint density at radius 2 is 1.92 bits per heavy atom. The zero-order valence-corrected chi connectivity index (χ0v) is 15.9. The lowest BCUT2D eigenvalue weighted by molar-refractivity contribution is 0.573. The Kier molecular flexibility index (Phi) is 4.28. The highest BCUT2D eigenvalue weighted by Crippen LogP contribution is 2.28. The van der Waals surface area contributed by atoms with Gasteiger partial charge in [-0.05, 0) is 45.4 Å². The van der Waals surface area contributed by atoms with Crippen LogP contribution in [-0.2, 0) is 6.54 Å². The van der Waals surface area contributed by atoms with Gasteiger partial charge >= 0.3 is 0 Å². The second-order valence-corrected chi connectivity index (χ2v) is 6.92. The van der Waals surface area contributed by atoms with E-state index in [0.29, 0.717) is 10.7 Å². The van der Waals surface area contributed by atoms with Crippen molar-refractivity contribution < 1.29 is 0 Å². The monoisotopic (exact) mass is 368 g/mol. The molecule has 1 N–H and O–H groups in total. The number of nitrogens with zero attached hydrogens (tertiary/aromatic N) is 5. The van der Waals surface area contributed by atoms with Gasteiger partial charge in [-0.2, -0.15) is 10.2 Å². The van der Waals surface area contributed by atoms with E-state index in [1.54, 1.807) is 0 Å². The maximum Gasteiger partial charge on any atom is 0.176 e. The molecule has 0 fully saturated rings. The predicted molar refractivity (Wildman–Crippen MR) is 105 cm³/mol. The number of rotatable bonds is 5. The van der Waals surface area contributed by atoms with Crippen molar-refractivity contribution in [2.75, 3.05) is 11.9 Å². The minimum atomic E-state index is 0.599. The largest absolute Gasteiger partial charge is 0.369 e. The summed E-state index contributed by atoms with van der Waals surface area (Å²) in [7, 11) is 0. The molecule has 3 heterocycles. The van der Waals surface area contributed by atoms with Crippen LogP contribution in [0.25, 0.3) is 16.6 Å². The van der Waals surface area contributed by atoms with Gasteiger partial charge in [-0.1, -0.05) is 23.7 Å². The van der Waals surface area contributed by atoms with Crippen LogP contribution in [0.2, 0.25) is 5.02 Å². The molecular weight excluding hydrogens is 348 g/mol. The first-order valence-corrected chi connectivity index (χ1v) is 9.11. The highest BCUT2D eigenvalue weighted by Gasteiger charge is 2.14. The molecule has 6 nitrogen and oxygen atoms in total. The van der Waals surface area contributed by atoms with Crippen molar-refractivity contribution in [2.24, 2.45) is 0 Å². The number of para-hydroxylation sites is 1. The average molecular weight is 369 g/mol. The minimum Gasteiger partial charge on any atom is -0.369 e. The lowest BCUT2D eigenvalue weighted by Crippen LogP contribution is -2.10. The Labute approximate surface area is 156 Å². The number of nitrogens with one attached hydrogen (secondary N) is 1. The molecule has 0 aliphatic carbocycles. The molecule has 4 rings (SSSR count). The lowest BCUT2D eigenvalue weighted by Gasteiger charge is -2.11.